The van der Waals surface area contributed by atoms with E-state index in [1.165, 1.54) is 0 Å². The lowest BCUT2D eigenvalue weighted by atomic mass is 10.3. The summed E-state index contributed by atoms with van der Waals surface area (Å²) in [5.41, 5.74) is 1.38. The number of hydrogen-bond donors (Lipinski definition) is 2. The summed E-state index contributed by atoms with van der Waals surface area (Å²) in [5.74, 6) is 0.483. The molecule has 4 nitrogen and oxygen atoms in total. The molecule has 2 aromatic rings. The van der Waals surface area contributed by atoms with Gasteiger partial charge in [0.05, 0.1) is 16.6 Å². The quantitative estimate of drug-likeness (QED) is 0.717. The molecule has 0 atom stereocenters. The molecule has 0 unspecified atom stereocenters. The average molecular weight is 351 g/mol. The van der Waals surface area contributed by atoms with Crippen molar-refractivity contribution in [1.29, 1.82) is 0 Å². The summed E-state index contributed by atoms with van der Waals surface area (Å²) in [6.07, 6.45) is 1.66. The van der Waals surface area contributed by atoms with Crippen LogP contribution in [0.2, 0.25) is 10.0 Å². The van der Waals surface area contributed by atoms with Crippen LogP contribution in [-0.4, -0.2) is 19.1 Å². The van der Waals surface area contributed by atoms with Crippen LogP contribution < -0.4 is 15.4 Å². The Morgan fingerprint density at radius 2 is 1.96 bits per heavy atom. The first-order valence-electron chi connectivity index (χ1n) is 6.91. The molecule has 0 aliphatic heterocycles. The van der Waals surface area contributed by atoms with Gasteiger partial charge >= 0.3 is 0 Å². The number of halogens is 2. The lowest BCUT2D eigenvalue weighted by Gasteiger charge is -2.10. The summed E-state index contributed by atoms with van der Waals surface area (Å²) in [4.78, 5) is 12.0. The van der Waals surface area contributed by atoms with E-state index in [4.69, 9.17) is 27.9 Å². The SMILES string of the molecule is C=CCOc1cccc(NC(=O)CNc2ccc(Cl)c(Cl)c2)c1. The summed E-state index contributed by atoms with van der Waals surface area (Å²) >= 11 is 11.8. The number of carbonyl (C=O) groups excluding carboxylic acids is 1. The molecule has 0 radical (unpaired) electrons. The molecule has 0 fully saturated rings. The number of carbonyl (C=O) groups is 1. The Balaban J connectivity index is 1.89. The van der Waals surface area contributed by atoms with E-state index in [0.717, 1.165) is 5.69 Å². The van der Waals surface area contributed by atoms with Crippen molar-refractivity contribution in [2.45, 2.75) is 0 Å². The highest BCUT2D eigenvalue weighted by atomic mass is 35.5. The Morgan fingerprint density at radius 1 is 1.13 bits per heavy atom. The molecular weight excluding hydrogens is 335 g/mol. The number of amides is 1. The van der Waals surface area contributed by atoms with Crippen molar-refractivity contribution < 1.29 is 9.53 Å². The van der Waals surface area contributed by atoms with Crippen molar-refractivity contribution >= 4 is 40.5 Å². The number of nitrogens with one attached hydrogen (secondary N) is 2. The minimum absolute atomic E-state index is 0.107. The van der Waals surface area contributed by atoms with Gasteiger partial charge in [0.1, 0.15) is 12.4 Å². The third-order valence-corrected chi connectivity index (χ3v) is 3.60. The van der Waals surface area contributed by atoms with Crippen molar-refractivity contribution in [2.75, 3.05) is 23.8 Å². The highest BCUT2D eigenvalue weighted by Crippen LogP contribution is 2.25. The Kier molecular flexibility index (Phi) is 6.32. The minimum atomic E-state index is -0.183. The summed E-state index contributed by atoms with van der Waals surface area (Å²) in [6, 6.07) is 12.3. The molecule has 6 heteroatoms. The lowest BCUT2D eigenvalue weighted by Crippen LogP contribution is -2.21. The van der Waals surface area contributed by atoms with E-state index >= 15 is 0 Å². The second-order valence-electron chi connectivity index (χ2n) is 4.66. The molecule has 0 aromatic heterocycles. The van der Waals surface area contributed by atoms with Gasteiger partial charge in [0.15, 0.2) is 0 Å². The Hall–Kier alpha value is -2.17. The molecular formula is C17H16Cl2N2O2. The predicted octanol–water partition coefficient (Wildman–Crippen LogP) is 4.61. The second-order valence-corrected chi connectivity index (χ2v) is 5.47. The van der Waals surface area contributed by atoms with Crippen LogP contribution in [-0.2, 0) is 4.79 Å². The van der Waals surface area contributed by atoms with E-state index in [1.807, 2.05) is 6.07 Å². The Bertz CT molecular complexity index is 705. The maximum Gasteiger partial charge on any atom is 0.243 e. The number of anilines is 2. The molecule has 0 saturated heterocycles. The normalized spacial score (nSPS) is 10.0. The smallest absolute Gasteiger partial charge is 0.243 e. The summed E-state index contributed by atoms with van der Waals surface area (Å²) in [5, 5.41) is 6.68. The topological polar surface area (TPSA) is 50.4 Å². The zero-order chi connectivity index (χ0) is 16.7. The van der Waals surface area contributed by atoms with E-state index in [9.17, 15) is 4.79 Å². The zero-order valence-electron chi connectivity index (χ0n) is 12.3. The average Bonchev–Trinajstić information content (AvgIpc) is 2.54. The van der Waals surface area contributed by atoms with Crippen LogP contribution in [0.5, 0.6) is 5.75 Å². The fraction of sp³-hybridized carbons (Fsp3) is 0.118. The van der Waals surface area contributed by atoms with Gasteiger partial charge in [-0.3, -0.25) is 4.79 Å². The monoisotopic (exact) mass is 350 g/mol. The van der Waals surface area contributed by atoms with Crippen LogP contribution in [0.25, 0.3) is 0 Å². The zero-order valence-corrected chi connectivity index (χ0v) is 13.8. The van der Waals surface area contributed by atoms with Gasteiger partial charge < -0.3 is 15.4 Å². The van der Waals surface area contributed by atoms with E-state index < -0.39 is 0 Å². The molecule has 0 bridgehead atoms. The number of rotatable bonds is 7. The van der Waals surface area contributed by atoms with Crippen molar-refractivity contribution in [3.63, 3.8) is 0 Å². The molecule has 2 N–H and O–H groups in total. The van der Waals surface area contributed by atoms with Crippen molar-refractivity contribution in [3.8, 4) is 5.75 Å². The number of hydrogen-bond acceptors (Lipinski definition) is 3. The van der Waals surface area contributed by atoms with Crippen LogP contribution in [0.3, 0.4) is 0 Å². The van der Waals surface area contributed by atoms with Crippen molar-refractivity contribution in [1.82, 2.24) is 0 Å². The fourth-order valence-electron chi connectivity index (χ4n) is 1.81. The van der Waals surface area contributed by atoms with E-state index in [-0.39, 0.29) is 12.5 Å². The van der Waals surface area contributed by atoms with E-state index in [2.05, 4.69) is 17.2 Å². The highest BCUT2D eigenvalue weighted by molar-refractivity contribution is 6.42. The molecule has 2 rings (SSSR count). The molecule has 0 heterocycles. The van der Waals surface area contributed by atoms with Crippen LogP contribution >= 0.6 is 23.2 Å². The summed E-state index contributed by atoms with van der Waals surface area (Å²) in [7, 11) is 0. The first-order chi connectivity index (χ1) is 11.1. The number of benzene rings is 2. The van der Waals surface area contributed by atoms with Crippen LogP contribution in [0.15, 0.2) is 55.1 Å². The van der Waals surface area contributed by atoms with Gasteiger partial charge in [0.2, 0.25) is 5.91 Å². The molecule has 1 amide bonds. The molecule has 2 aromatic carbocycles. The lowest BCUT2D eigenvalue weighted by molar-refractivity contribution is -0.114. The first kappa shape index (κ1) is 17.2. The van der Waals surface area contributed by atoms with Crippen LogP contribution in [0.1, 0.15) is 0 Å². The summed E-state index contributed by atoms with van der Waals surface area (Å²) < 4.78 is 5.42. The van der Waals surface area contributed by atoms with Crippen molar-refractivity contribution in [3.05, 3.63) is 65.2 Å². The van der Waals surface area contributed by atoms with Crippen LogP contribution in [0, 0.1) is 0 Å². The van der Waals surface area contributed by atoms with Gasteiger partial charge in [0, 0.05) is 17.4 Å². The Morgan fingerprint density at radius 3 is 2.70 bits per heavy atom. The number of ether oxygens (including phenoxy) is 1. The van der Waals surface area contributed by atoms with Gasteiger partial charge in [-0.15, -0.1) is 0 Å². The van der Waals surface area contributed by atoms with Gasteiger partial charge in [0.25, 0.3) is 0 Å². The fourth-order valence-corrected chi connectivity index (χ4v) is 2.11. The first-order valence-corrected chi connectivity index (χ1v) is 7.66. The Labute approximate surface area is 145 Å². The molecule has 0 saturated carbocycles. The molecule has 0 aliphatic carbocycles. The maximum atomic E-state index is 12.0. The standard InChI is InChI=1S/C17H16Cl2N2O2/c1-2-8-23-14-5-3-4-13(9-14)21-17(22)11-20-12-6-7-15(18)16(19)10-12/h2-7,9-10,20H,1,8,11H2,(H,21,22). The minimum Gasteiger partial charge on any atom is -0.489 e. The van der Waals surface area contributed by atoms with E-state index in [1.54, 1.807) is 42.5 Å². The molecule has 120 valence electrons. The predicted molar refractivity (Wildman–Crippen MR) is 95.7 cm³/mol. The molecule has 0 spiro atoms. The second kappa shape index (κ2) is 8.46. The van der Waals surface area contributed by atoms with Gasteiger partial charge in [-0.2, -0.15) is 0 Å². The van der Waals surface area contributed by atoms with Crippen LogP contribution in [0.4, 0.5) is 11.4 Å². The highest BCUT2D eigenvalue weighted by Gasteiger charge is 2.05. The maximum absolute atomic E-state index is 12.0. The third kappa shape index (κ3) is 5.51. The largest absolute Gasteiger partial charge is 0.489 e. The van der Waals surface area contributed by atoms with Gasteiger partial charge in [-0.1, -0.05) is 41.9 Å². The summed E-state index contributed by atoms with van der Waals surface area (Å²) in [6.45, 7) is 4.11. The molecule has 0 aliphatic rings. The molecule has 23 heavy (non-hydrogen) atoms. The van der Waals surface area contributed by atoms with Gasteiger partial charge in [-0.05, 0) is 30.3 Å². The van der Waals surface area contributed by atoms with Gasteiger partial charge in [-0.25, -0.2) is 0 Å². The van der Waals surface area contributed by atoms with E-state index in [0.29, 0.717) is 28.1 Å². The van der Waals surface area contributed by atoms with Crippen molar-refractivity contribution in [2.24, 2.45) is 0 Å². The third-order valence-electron chi connectivity index (χ3n) is 2.86.